The number of anilines is 1. The van der Waals surface area contributed by atoms with Crippen LogP contribution in [0, 0.1) is 5.92 Å². The van der Waals surface area contributed by atoms with E-state index < -0.39 is 0 Å². The zero-order valence-corrected chi connectivity index (χ0v) is 13.1. The topological polar surface area (TPSA) is 42.2 Å². The van der Waals surface area contributed by atoms with Crippen LogP contribution in [0.1, 0.15) is 25.8 Å². The molecule has 0 amide bonds. The third-order valence-electron chi connectivity index (χ3n) is 3.61. The second-order valence-electron chi connectivity index (χ2n) is 5.31. The van der Waals surface area contributed by atoms with Crippen molar-refractivity contribution >= 4 is 33.9 Å². The Balaban J connectivity index is 2.49. The van der Waals surface area contributed by atoms with Gasteiger partial charge in [0, 0.05) is 19.0 Å². The van der Waals surface area contributed by atoms with Crippen molar-refractivity contribution in [2.45, 2.75) is 20.3 Å². The Morgan fingerprint density at radius 1 is 1.40 bits per heavy atom. The average Bonchev–Trinajstić information content (AvgIpc) is 2.45. The number of nitrogens with zero attached hydrogens (tertiary/aromatic N) is 2. The number of nitrogens with two attached hydrogens (primary N) is 1. The molecule has 2 N–H and O–H groups in total. The van der Waals surface area contributed by atoms with E-state index in [1.54, 1.807) is 0 Å². The molecule has 0 aliphatic heterocycles. The summed E-state index contributed by atoms with van der Waals surface area (Å²) >= 11 is 5.18. The zero-order valence-electron chi connectivity index (χ0n) is 12.3. The van der Waals surface area contributed by atoms with E-state index in [4.69, 9.17) is 22.9 Å². The first-order valence-corrected chi connectivity index (χ1v) is 7.34. The predicted octanol–water partition coefficient (Wildman–Crippen LogP) is 3.35. The van der Waals surface area contributed by atoms with Crippen LogP contribution in [0.4, 0.5) is 5.82 Å². The summed E-state index contributed by atoms with van der Waals surface area (Å²) in [5.41, 5.74) is 7.69. The number of fused-ring (bicyclic) bond motifs is 1. The second-order valence-corrected chi connectivity index (χ2v) is 5.75. The molecule has 3 nitrogen and oxygen atoms in total. The Kier molecular flexibility index (Phi) is 4.55. The number of aromatic nitrogens is 1. The maximum atomic E-state index is 5.87. The van der Waals surface area contributed by atoms with E-state index in [-0.39, 0.29) is 0 Å². The Morgan fingerprint density at radius 3 is 2.75 bits per heavy atom. The Labute approximate surface area is 125 Å². The first kappa shape index (κ1) is 14.7. The summed E-state index contributed by atoms with van der Waals surface area (Å²) in [6.07, 6.45) is 1.14. The Morgan fingerprint density at radius 2 is 2.10 bits per heavy atom. The van der Waals surface area contributed by atoms with Crippen molar-refractivity contribution in [3.05, 3.63) is 35.9 Å². The lowest BCUT2D eigenvalue weighted by molar-refractivity contribution is 0.558. The molecule has 1 heterocycles. The summed E-state index contributed by atoms with van der Waals surface area (Å²) in [6.45, 7) is 5.37. The van der Waals surface area contributed by atoms with Crippen LogP contribution >= 0.6 is 12.2 Å². The van der Waals surface area contributed by atoms with Crippen molar-refractivity contribution < 1.29 is 0 Å². The van der Waals surface area contributed by atoms with Crippen molar-refractivity contribution in [3.63, 3.8) is 0 Å². The van der Waals surface area contributed by atoms with Gasteiger partial charge in [-0.15, -0.1) is 0 Å². The van der Waals surface area contributed by atoms with Gasteiger partial charge in [0.05, 0.1) is 11.1 Å². The summed E-state index contributed by atoms with van der Waals surface area (Å²) in [4.78, 5) is 7.29. The lowest BCUT2D eigenvalue weighted by atomic mass is 10.1. The highest BCUT2D eigenvalue weighted by Gasteiger charge is 2.14. The summed E-state index contributed by atoms with van der Waals surface area (Å²) in [5, 5.41) is 1.07. The quantitative estimate of drug-likeness (QED) is 0.856. The molecular weight excluding hydrogens is 266 g/mol. The molecule has 20 heavy (non-hydrogen) atoms. The van der Waals surface area contributed by atoms with Gasteiger partial charge in [0.15, 0.2) is 0 Å². The van der Waals surface area contributed by atoms with Gasteiger partial charge in [0.1, 0.15) is 10.8 Å². The standard InChI is InChI=1S/C16H21N3S/c1-4-11(2)10-19(3)16-13(15(17)20)9-12-7-5-6-8-14(12)18-16/h5-9,11H,4,10H2,1-3H3,(H2,17,20). The lowest BCUT2D eigenvalue weighted by Crippen LogP contribution is -2.27. The van der Waals surface area contributed by atoms with Crippen LogP contribution in [0.3, 0.4) is 0 Å². The van der Waals surface area contributed by atoms with Gasteiger partial charge in [-0.25, -0.2) is 4.98 Å². The van der Waals surface area contributed by atoms with Gasteiger partial charge >= 0.3 is 0 Å². The molecule has 1 aromatic carbocycles. The predicted molar refractivity (Wildman–Crippen MR) is 90.4 cm³/mol. The highest BCUT2D eigenvalue weighted by Crippen LogP contribution is 2.23. The van der Waals surface area contributed by atoms with E-state index in [2.05, 4.69) is 18.7 Å². The largest absolute Gasteiger partial charge is 0.389 e. The Hall–Kier alpha value is -1.68. The van der Waals surface area contributed by atoms with E-state index in [0.717, 1.165) is 35.2 Å². The van der Waals surface area contributed by atoms with Crippen molar-refractivity contribution in [1.29, 1.82) is 0 Å². The first-order chi connectivity index (χ1) is 9.52. The van der Waals surface area contributed by atoms with Gasteiger partial charge in [-0.2, -0.15) is 0 Å². The second kappa shape index (κ2) is 6.18. The molecule has 106 valence electrons. The molecule has 0 spiro atoms. The number of thiocarbonyl (C=S) groups is 1. The molecule has 0 radical (unpaired) electrons. The lowest BCUT2D eigenvalue weighted by Gasteiger charge is -2.24. The van der Waals surface area contributed by atoms with E-state index in [1.165, 1.54) is 0 Å². The van der Waals surface area contributed by atoms with Crippen LogP contribution in [0.15, 0.2) is 30.3 Å². The molecule has 0 aliphatic rings. The third-order valence-corrected chi connectivity index (χ3v) is 3.83. The first-order valence-electron chi connectivity index (χ1n) is 6.93. The highest BCUT2D eigenvalue weighted by atomic mass is 32.1. The fraction of sp³-hybridized carbons (Fsp3) is 0.375. The normalized spacial score (nSPS) is 12.3. The van der Waals surface area contributed by atoms with Gasteiger partial charge in [-0.1, -0.05) is 50.7 Å². The monoisotopic (exact) mass is 287 g/mol. The summed E-state index contributed by atoms with van der Waals surface area (Å²) < 4.78 is 0. The van der Waals surface area contributed by atoms with E-state index in [9.17, 15) is 0 Å². The molecule has 4 heteroatoms. The molecule has 1 atom stereocenters. The molecule has 0 bridgehead atoms. The van der Waals surface area contributed by atoms with Crippen molar-refractivity contribution in [2.24, 2.45) is 11.7 Å². The SMILES string of the molecule is CCC(C)CN(C)c1nc2ccccc2cc1C(N)=S. The van der Waals surface area contributed by atoms with Crippen LogP contribution in [0.2, 0.25) is 0 Å². The van der Waals surface area contributed by atoms with Crippen molar-refractivity contribution in [3.8, 4) is 0 Å². The minimum absolute atomic E-state index is 0.397. The summed E-state index contributed by atoms with van der Waals surface area (Å²) in [5.74, 6) is 1.48. The molecule has 2 rings (SSSR count). The number of rotatable bonds is 5. The minimum Gasteiger partial charge on any atom is -0.389 e. The maximum absolute atomic E-state index is 5.87. The molecule has 1 aromatic heterocycles. The molecule has 0 saturated heterocycles. The van der Waals surface area contributed by atoms with Crippen LogP contribution in [-0.2, 0) is 0 Å². The van der Waals surface area contributed by atoms with Crippen LogP contribution < -0.4 is 10.6 Å². The number of para-hydroxylation sites is 1. The highest BCUT2D eigenvalue weighted by molar-refractivity contribution is 7.80. The molecule has 0 saturated carbocycles. The van der Waals surface area contributed by atoms with Gasteiger partial charge in [0.2, 0.25) is 0 Å². The van der Waals surface area contributed by atoms with Crippen LogP contribution in [0.5, 0.6) is 0 Å². The zero-order chi connectivity index (χ0) is 14.7. The number of hydrogen-bond acceptors (Lipinski definition) is 3. The maximum Gasteiger partial charge on any atom is 0.139 e. The van der Waals surface area contributed by atoms with E-state index in [0.29, 0.717) is 10.9 Å². The Bertz CT molecular complexity index is 624. The van der Waals surface area contributed by atoms with Gasteiger partial charge < -0.3 is 10.6 Å². The number of pyridine rings is 1. The molecule has 1 unspecified atom stereocenters. The van der Waals surface area contributed by atoms with Crippen LogP contribution in [-0.4, -0.2) is 23.6 Å². The van der Waals surface area contributed by atoms with E-state index in [1.807, 2.05) is 37.4 Å². The smallest absolute Gasteiger partial charge is 0.139 e. The van der Waals surface area contributed by atoms with Gasteiger partial charge in [-0.3, -0.25) is 0 Å². The average molecular weight is 287 g/mol. The fourth-order valence-electron chi connectivity index (χ4n) is 2.26. The van der Waals surface area contributed by atoms with Gasteiger partial charge in [0.25, 0.3) is 0 Å². The molecule has 0 fully saturated rings. The van der Waals surface area contributed by atoms with E-state index >= 15 is 0 Å². The van der Waals surface area contributed by atoms with Crippen molar-refractivity contribution in [2.75, 3.05) is 18.5 Å². The fourth-order valence-corrected chi connectivity index (χ4v) is 2.41. The number of hydrogen-bond donors (Lipinski definition) is 1. The molecular formula is C16H21N3S. The minimum atomic E-state index is 0.397. The summed E-state index contributed by atoms with van der Waals surface area (Å²) in [6, 6.07) is 10.1. The molecule has 2 aromatic rings. The van der Waals surface area contributed by atoms with Crippen LogP contribution in [0.25, 0.3) is 10.9 Å². The van der Waals surface area contributed by atoms with Crippen molar-refractivity contribution in [1.82, 2.24) is 4.98 Å². The van der Waals surface area contributed by atoms with Gasteiger partial charge in [-0.05, 0) is 18.1 Å². The number of benzene rings is 1. The third kappa shape index (κ3) is 3.07. The summed E-state index contributed by atoms with van der Waals surface area (Å²) in [7, 11) is 2.05. The molecule has 0 aliphatic carbocycles.